The topological polar surface area (TPSA) is 82.2 Å². The Morgan fingerprint density at radius 1 is 0.906 bits per heavy atom. The molecule has 0 spiro atoms. The number of hydrogen-bond acceptors (Lipinski definition) is 5. The Hall–Kier alpha value is -4.20. The van der Waals surface area contributed by atoms with E-state index in [0.29, 0.717) is 17.2 Å². The zero-order valence-corrected chi connectivity index (χ0v) is 17.5. The summed E-state index contributed by atoms with van der Waals surface area (Å²) in [6.07, 6.45) is 1.69. The highest BCUT2D eigenvalue weighted by atomic mass is 16.5. The van der Waals surface area contributed by atoms with Crippen LogP contribution in [0.5, 0.6) is 11.5 Å². The van der Waals surface area contributed by atoms with Crippen LogP contribution in [0.15, 0.2) is 83.7 Å². The number of amides is 1. The third kappa shape index (κ3) is 3.45. The van der Waals surface area contributed by atoms with Crippen LogP contribution in [0.1, 0.15) is 18.9 Å². The Morgan fingerprint density at radius 3 is 2.41 bits per heavy atom. The van der Waals surface area contributed by atoms with Crippen LogP contribution in [0.25, 0.3) is 5.69 Å². The van der Waals surface area contributed by atoms with Gasteiger partial charge < -0.3 is 4.74 Å². The lowest BCUT2D eigenvalue weighted by Crippen LogP contribution is -2.47. The van der Waals surface area contributed by atoms with Gasteiger partial charge in [0.25, 0.3) is 0 Å². The summed E-state index contributed by atoms with van der Waals surface area (Å²) in [6.45, 7) is 1.96. The van der Waals surface area contributed by atoms with Gasteiger partial charge in [0, 0.05) is 11.7 Å². The van der Waals surface area contributed by atoms with Crippen LogP contribution in [-0.2, 0) is 6.42 Å². The quantitative estimate of drug-likeness (QED) is 0.461. The Bertz CT molecular complexity index is 1330. The van der Waals surface area contributed by atoms with Gasteiger partial charge in [-0.05, 0) is 66.1 Å². The molecule has 1 atom stereocenters. The van der Waals surface area contributed by atoms with Gasteiger partial charge in [0.1, 0.15) is 11.4 Å². The van der Waals surface area contributed by atoms with Gasteiger partial charge in [-0.1, -0.05) is 48.5 Å². The van der Waals surface area contributed by atoms with Crippen molar-refractivity contribution in [3.63, 3.8) is 0 Å². The molecule has 5 rings (SSSR count). The highest BCUT2D eigenvalue weighted by molar-refractivity contribution is 5.94. The van der Waals surface area contributed by atoms with E-state index in [4.69, 9.17) is 4.74 Å². The van der Waals surface area contributed by atoms with Crippen LogP contribution in [0.4, 0.5) is 10.5 Å². The fraction of sp³-hybridized carbons (Fsp3) is 0.167. The van der Waals surface area contributed by atoms with Crippen LogP contribution in [0.2, 0.25) is 0 Å². The molecule has 1 unspecified atom stereocenters. The van der Waals surface area contributed by atoms with Crippen molar-refractivity contribution in [1.29, 1.82) is 0 Å². The third-order valence-corrected chi connectivity index (χ3v) is 5.56. The second kappa shape index (κ2) is 8.14. The molecule has 0 radical (unpaired) electrons. The number of tetrazole rings is 1. The van der Waals surface area contributed by atoms with Crippen molar-refractivity contribution in [1.82, 2.24) is 19.8 Å². The van der Waals surface area contributed by atoms with Gasteiger partial charge in [0.05, 0.1) is 0 Å². The number of nitrogens with zero attached hydrogens (tertiary/aromatic N) is 5. The highest BCUT2D eigenvalue weighted by Gasteiger charge is 2.31. The molecule has 1 aliphatic heterocycles. The number of anilines is 1. The second-order valence-electron chi connectivity index (χ2n) is 7.64. The van der Waals surface area contributed by atoms with Gasteiger partial charge in [0.2, 0.25) is 0 Å². The van der Waals surface area contributed by atoms with Crippen molar-refractivity contribution in [2.75, 3.05) is 4.90 Å². The average molecular weight is 427 g/mol. The summed E-state index contributed by atoms with van der Waals surface area (Å²) >= 11 is 0. The van der Waals surface area contributed by atoms with E-state index in [1.165, 1.54) is 0 Å². The predicted octanol–water partition coefficient (Wildman–Crippen LogP) is 4.03. The first-order valence-electron chi connectivity index (χ1n) is 10.4. The monoisotopic (exact) mass is 427 g/mol. The normalized spacial score (nSPS) is 15.3. The zero-order chi connectivity index (χ0) is 22.1. The van der Waals surface area contributed by atoms with E-state index in [-0.39, 0.29) is 6.04 Å². The van der Waals surface area contributed by atoms with E-state index < -0.39 is 11.7 Å². The van der Waals surface area contributed by atoms with Gasteiger partial charge in [0.15, 0.2) is 5.75 Å². The van der Waals surface area contributed by atoms with Crippen LogP contribution in [0.3, 0.4) is 0 Å². The Labute approximate surface area is 184 Å². The van der Waals surface area contributed by atoms with E-state index in [9.17, 15) is 9.59 Å². The standard InChI is InChI=1S/C24H21N5O3/c1-17-15-16-18-9-5-6-12-20(18)27(17)23(30)29-24(31)28(25-26-29)21-13-7-8-14-22(21)32-19-10-3-2-4-11-19/h2-14,17H,15-16H2,1H3. The van der Waals surface area contributed by atoms with Crippen molar-refractivity contribution in [2.45, 2.75) is 25.8 Å². The van der Waals surface area contributed by atoms with Crippen molar-refractivity contribution in [2.24, 2.45) is 0 Å². The Kier molecular flexibility index (Phi) is 5.03. The maximum atomic E-state index is 13.4. The molecule has 0 N–H and O–H groups in total. The number of benzene rings is 3. The fourth-order valence-electron chi connectivity index (χ4n) is 3.93. The van der Waals surface area contributed by atoms with E-state index in [0.717, 1.165) is 33.5 Å². The lowest BCUT2D eigenvalue weighted by molar-refractivity contribution is 0.241. The molecule has 8 heteroatoms. The number of para-hydroxylation sites is 4. The van der Waals surface area contributed by atoms with Crippen molar-refractivity contribution >= 4 is 11.7 Å². The molecule has 0 bridgehead atoms. The van der Waals surface area contributed by atoms with Gasteiger partial charge >= 0.3 is 11.7 Å². The number of carbonyl (C=O) groups is 1. The summed E-state index contributed by atoms with van der Waals surface area (Å²) in [4.78, 5) is 28.1. The van der Waals surface area contributed by atoms with Crippen LogP contribution < -0.4 is 15.3 Å². The summed E-state index contributed by atoms with van der Waals surface area (Å²) in [5.41, 5.74) is 1.60. The molecule has 3 aromatic carbocycles. The molecular formula is C24H21N5O3. The Morgan fingerprint density at radius 2 is 1.59 bits per heavy atom. The minimum Gasteiger partial charge on any atom is -0.455 e. The first-order valence-corrected chi connectivity index (χ1v) is 10.4. The summed E-state index contributed by atoms with van der Waals surface area (Å²) in [5, 5.41) is 7.87. The number of aryl methyl sites for hydroxylation is 1. The van der Waals surface area contributed by atoms with Crippen molar-refractivity contribution < 1.29 is 9.53 Å². The van der Waals surface area contributed by atoms with Gasteiger partial charge in [-0.3, -0.25) is 4.90 Å². The molecule has 32 heavy (non-hydrogen) atoms. The first kappa shape index (κ1) is 19.7. The van der Waals surface area contributed by atoms with Crippen LogP contribution in [0, 0.1) is 0 Å². The molecular weight excluding hydrogens is 406 g/mol. The number of rotatable bonds is 3. The van der Waals surface area contributed by atoms with Gasteiger partial charge in [-0.2, -0.15) is 4.68 Å². The van der Waals surface area contributed by atoms with Crippen LogP contribution >= 0.6 is 0 Å². The van der Waals surface area contributed by atoms with E-state index in [1.54, 1.807) is 29.2 Å². The molecule has 1 aliphatic rings. The van der Waals surface area contributed by atoms with Crippen LogP contribution in [-0.4, -0.2) is 31.9 Å². The predicted molar refractivity (Wildman–Crippen MR) is 120 cm³/mol. The minimum absolute atomic E-state index is 0.0665. The molecule has 1 amide bonds. The van der Waals surface area contributed by atoms with Crippen molar-refractivity contribution in [3.05, 3.63) is 94.9 Å². The number of aromatic nitrogens is 4. The molecule has 0 saturated heterocycles. The lowest BCUT2D eigenvalue weighted by atomic mass is 9.97. The minimum atomic E-state index is -0.658. The molecule has 0 saturated carbocycles. The molecule has 1 aromatic heterocycles. The third-order valence-electron chi connectivity index (χ3n) is 5.56. The number of ether oxygens (including phenoxy) is 1. The molecule has 0 aliphatic carbocycles. The second-order valence-corrected chi connectivity index (χ2v) is 7.64. The lowest BCUT2D eigenvalue weighted by Gasteiger charge is -2.34. The average Bonchev–Trinajstić information content (AvgIpc) is 3.21. The Balaban J connectivity index is 1.52. The molecule has 160 valence electrons. The number of carbonyl (C=O) groups excluding carboxylic acids is 1. The maximum Gasteiger partial charge on any atom is 0.377 e. The molecule has 0 fully saturated rings. The van der Waals surface area contributed by atoms with Gasteiger partial charge in [-0.25, -0.2) is 9.59 Å². The fourth-order valence-corrected chi connectivity index (χ4v) is 3.93. The summed E-state index contributed by atoms with van der Waals surface area (Å²) in [6, 6.07) is 23.4. The zero-order valence-electron chi connectivity index (χ0n) is 17.5. The first-order chi connectivity index (χ1) is 15.6. The maximum absolute atomic E-state index is 13.4. The number of fused-ring (bicyclic) bond motifs is 1. The summed E-state index contributed by atoms with van der Waals surface area (Å²) in [5.74, 6) is 1.05. The SMILES string of the molecule is CC1CCc2ccccc2N1C(=O)n1nnn(-c2ccccc2Oc2ccccc2)c1=O. The molecule has 2 heterocycles. The molecule has 8 nitrogen and oxygen atoms in total. The smallest absolute Gasteiger partial charge is 0.377 e. The van der Waals surface area contributed by atoms with E-state index in [1.807, 2.05) is 61.5 Å². The molecule has 4 aromatic rings. The highest BCUT2D eigenvalue weighted by Crippen LogP contribution is 2.31. The number of hydrogen-bond donors (Lipinski definition) is 0. The van der Waals surface area contributed by atoms with Crippen molar-refractivity contribution in [3.8, 4) is 17.2 Å². The largest absolute Gasteiger partial charge is 0.455 e. The summed E-state index contributed by atoms with van der Waals surface area (Å²) in [7, 11) is 0. The summed E-state index contributed by atoms with van der Waals surface area (Å²) < 4.78 is 7.82. The van der Waals surface area contributed by atoms with E-state index in [2.05, 4.69) is 10.4 Å². The van der Waals surface area contributed by atoms with Gasteiger partial charge in [-0.15, -0.1) is 4.68 Å². The van der Waals surface area contributed by atoms with E-state index >= 15 is 0 Å².